The molecule has 2 N–H and O–H groups in total. The fraction of sp³-hybridized carbons (Fsp3) is 0.818. The first-order chi connectivity index (χ1) is 7.81. The monoisotopic (exact) mass is 241 g/mol. The molecule has 5 heteroatoms. The van der Waals surface area contributed by atoms with Gasteiger partial charge in [-0.05, 0) is 31.6 Å². The van der Waals surface area contributed by atoms with Crippen LogP contribution in [-0.2, 0) is 0 Å². The molecule has 0 aromatic carbocycles. The normalized spacial score (nSPS) is 23.2. The first kappa shape index (κ1) is 11.9. The maximum absolute atomic E-state index is 5.52. The molecule has 4 nitrogen and oxygen atoms in total. The highest BCUT2D eigenvalue weighted by Crippen LogP contribution is 2.37. The van der Waals surface area contributed by atoms with Gasteiger partial charge in [-0.15, -0.1) is 0 Å². The van der Waals surface area contributed by atoms with Crippen LogP contribution in [0.1, 0.15) is 55.5 Å². The van der Waals surface area contributed by atoms with E-state index in [-0.39, 0.29) is 5.92 Å². The molecule has 2 unspecified atom stereocenters. The zero-order valence-corrected chi connectivity index (χ0v) is 10.5. The van der Waals surface area contributed by atoms with E-state index >= 15 is 0 Å². The van der Waals surface area contributed by atoms with Gasteiger partial charge in [0.05, 0.1) is 5.25 Å². The lowest BCUT2D eigenvalue weighted by molar-refractivity contribution is 0.350. The van der Waals surface area contributed by atoms with Gasteiger partial charge in [0, 0.05) is 5.92 Å². The number of rotatable bonds is 4. The van der Waals surface area contributed by atoms with E-state index in [0.717, 1.165) is 18.1 Å². The van der Waals surface area contributed by atoms with E-state index in [0.29, 0.717) is 11.8 Å². The molecule has 1 aromatic rings. The quantitative estimate of drug-likeness (QED) is 0.877. The molecule has 0 radical (unpaired) electrons. The van der Waals surface area contributed by atoms with Crippen LogP contribution in [0.3, 0.4) is 0 Å². The minimum atomic E-state index is 0.278. The van der Waals surface area contributed by atoms with Crippen molar-refractivity contribution in [3.05, 3.63) is 11.7 Å². The maximum Gasteiger partial charge on any atom is 0.229 e. The Balaban J connectivity index is 2.00. The van der Waals surface area contributed by atoms with Gasteiger partial charge in [-0.1, -0.05) is 18.5 Å². The summed E-state index contributed by atoms with van der Waals surface area (Å²) in [7, 11) is 0. The second kappa shape index (κ2) is 5.68. The van der Waals surface area contributed by atoms with Gasteiger partial charge in [-0.3, -0.25) is 0 Å². The zero-order valence-electron chi connectivity index (χ0n) is 9.69. The zero-order chi connectivity index (χ0) is 11.4. The van der Waals surface area contributed by atoms with Gasteiger partial charge in [0.25, 0.3) is 0 Å². The highest BCUT2D eigenvalue weighted by Gasteiger charge is 2.22. The third-order valence-corrected chi connectivity index (χ3v) is 4.32. The van der Waals surface area contributed by atoms with E-state index < -0.39 is 0 Å². The molecule has 0 saturated carbocycles. The Kier molecular flexibility index (Phi) is 4.23. The average molecular weight is 241 g/mol. The summed E-state index contributed by atoms with van der Waals surface area (Å²) < 4.78 is 5.30. The van der Waals surface area contributed by atoms with Gasteiger partial charge in [0.2, 0.25) is 5.89 Å². The second-order valence-corrected chi connectivity index (χ2v) is 5.64. The standard InChI is InChI=1S/C11H19N3OS/c1-8(5-6-12)11-13-10(14-15-11)9-4-2-3-7-16-9/h8-9H,2-7,12H2,1H3. The van der Waals surface area contributed by atoms with E-state index in [1.54, 1.807) is 0 Å². The first-order valence-electron chi connectivity index (χ1n) is 5.96. The summed E-state index contributed by atoms with van der Waals surface area (Å²) in [6.45, 7) is 2.75. The predicted molar refractivity (Wildman–Crippen MR) is 65.4 cm³/mol. The SMILES string of the molecule is CC(CCN)c1nc(C2CCCCS2)no1. The number of hydrogen-bond donors (Lipinski definition) is 1. The number of aromatic nitrogens is 2. The van der Waals surface area contributed by atoms with E-state index in [1.807, 2.05) is 11.8 Å². The average Bonchev–Trinajstić information content (AvgIpc) is 2.80. The van der Waals surface area contributed by atoms with Crippen molar-refractivity contribution in [2.45, 2.75) is 43.8 Å². The van der Waals surface area contributed by atoms with Crippen LogP contribution in [0.25, 0.3) is 0 Å². The fourth-order valence-corrected chi connectivity index (χ4v) is 3.13. The van der Waals surface area contributed by atoms with E-state index in [9.17, 15) is 0 Å². The van der Waals surface area contributed by atoms with Crippen molar-refractivity contribution < 1.29 is 4.52 Å². The predicted octanol–water partition coefficient (Wildman–Crippen LogP) is 2.48. The van der Waals surface area contributed by atoms with Crippen molar-refractivity contribution in [3.63, 3.8) is 0 Å². The molecule has 2 atom stereocenters. The van der Waals surface area contributed by atoms with Crippen molar-refractivity contribution >= 4 is 11.8 Å². The van der Waals surface area contributed by atoms with Crippen LogP contribution in [0.4, 0.5) is 0 Å². The molecular weight excluding hydrogens is 222 g/mol. The Morgan fingerprint density at radius 1 is 1.56 bits per heavy atom. The van der Waals surface area contributed by atoms with Gasteiger partial charge >= 0.3 is 0 Å². The molecule has 0 aliphatic carbocycles. The van der Waals surface area contributed by atoms with Crippen LogP contribution in [0.2, 0.25) is 0 Å². The Labute approximate surface area is 100 Å². The minimum Gasteiger partial charge on any atom is -0.339 e. The van der Waals surface area contributed by atoms with Gasteiger partial charge < -0.3 is 10.3 Å². The van der Waals surface area contributed by atoms with Crippen LogP contribution in [0, 0.1) is 0 Å². The van der Waals surface area contributed by atoms with Crippen molar-refractivity contribution in [1.29, 1.82) is 0 Å². The molecule has 1 saturated heterocycles. The summed E-state index contributed by atoms with van der Waals surface area (Å²) >= 11 is 1.95. The summed E-state index contributed by atoms with van der Waals surface area (Å²) in [4.78, 5) is 4.50. The Hall–Kier alpha value is -0.550. The Morgan fingerprint density at radius 3 is 3.12 bits per heavy atom. The number of nitrogens with zero attached hydrogens (tertiary/aromatic N) is 2. The van der Waals surface area contributed by atoms with Gasteiger partial charge in [0.1, 0.15) is 0 Å². The summed E-state index contributed by atoms with van der Waals surface area (Å²) in [5.41, 5.74) is 5.52. The Bertz CT molecular complexity index is 323. The topological polar surface area (TPSA) is 64.9 Å². The Morgan fingerprint density at radius 2 is 2.44 bits per heavy atom. The number of thioether (sulfide) groups is 1. The molecule has 2 rings (SSSR count). The highest BCUT2D eigenvalue weighted by atomic mass is 32.2. The van der Waals surface area contributed by atoms with Gasteiger partial charge in [0.15, 0.2) is 5.82 Å². The summed E-state index contributed by atoms with van der Waals surface area (Å²) in [6.07, 6.45) is 4.67. The number of hydrogen-bond acceptors (Lipinski definition) is 5. The molecule has 1 aliphatic rings. The fourth-order valence-electron chi connectivity index (χ4n) is 1.90. The first-order valence-corrected chi connectivity index (χ1v) is 7.01. The van der Waals surface area contributed by atoms with Gasteiger partial charge in [-0.2, -0.15) is 16.7 Å². The van der Waals surface area contributed by atoms with E-state index in [1.165, 1.54) is 25.0 Å². The van der Waals surface area contributed by atoms with Crippen LogP contribution in [0.5, 0.6) is 0 Å². The van der Waals surface area contributed by atoms with E-state index in [2.05, 4.69) is 17.1 Å². The largest absolute Gasteiger partial charge is 0.339 e. The van der Waals surface area contributed by atoms with Gasteiger partial charge in [-0.25, -0.2) is 0 Å². The molecule has 2 heterocycles. The van der Waals surface area contributed by atoms with Crippen LogP contribution in [-0.4, -0.2) is 22.4 Å². The highest BCUT2D eigenvalue weighted by molar-refractivity contribution is 7.99. The van der Waals surface area contributed by atoms with Crippen molar-refractivity contribution in [2.75, 3.05) is 12.3 Å². The van der Waals surface area contributed by atoms with E-state index in [4.69, 9.17) is 10.3 Å². The lowest BCUT2D eigenvalue weighted by atomic mass is 10.1. The maximum atomic E-state index is 5.52. The summed E-state index contributed by atoms with van der Waals surface area (Å²) in [5, 5.41) is 4.54. The van der Waals surface area contributed by atoms with Crippen LogP contribution < -0.4 is 5.73 Å². The summed E-state index contributed by atoms with van der Waals surface area (Å²) in [5.74, 6) is 3.11. The molecule has 16 heavy (non-hydrogen) atoms. The lowest BCUT2D eigenvalue weighted by Crippen LogP contribution is -2.06. The van der Waals surface area contributed by atoms with Crippen molar-refractivity contribution in [3.8, 4) is 0 Å². The molecule has 0 bridgehead atoms. The second-order valence-electron chi connectivity index (χ2n) is 4.32. The third-order valence-electron chi connectivity index (χ3n) is 2.95. The summed E-state index contributed by atoms with van der Waals surface area (Å²) in [6, 6.07) is 0. The molecule has 1 fully saturated rings. The third kappa shape index (κ3) is 2.77. The van der Waals surface area contributed by atoms with Crippen molar-refractivity contribution in [1.82, 2.24) is 10.1 Å². The molecule has 0 amide bonds. The van der Waals surface area contributed by atoms with Crippen molar-refractivity contribution in [2.24, 2.45) is 5.73 Å². The molecule has 0 spiro atoms. The molecule has 1 aromatic heterocycles. The smallest absolute Gasteiger partial charge is 0.229 e. The van der Waals surface area contributed by atoms with Crippen LogP contribution in [0.15, 0.2) is 4.52 Å². The molecule has 1 aliphatic heterocycles. The molecule has 90 valence electrons. The lowest BCUT2D eigenvalue weighted by Gasteiger charge is -2.17. The minimum absolute atomic E-state index is 0.278. The molecular formula is C11H19N3OS. The van der Waals surface area contributed by atoms with Crippen LogP contribution >= 0.6 is 11.8 Å². The number of nitrogens with two attached hydrogens (primary N) is 1.